The molecular weight excluding hydrogens is 192 g/mol. The number of hydrogen-bond acceptors (Lipinski definition) is 3. The minimum Gasteiger partial charge on any atom is -0.394 e. The summed E-state index contributed by atoms with van der Waals surface area (Å²) in [4.78, 5) is 0. The van der Waals surface area contributed by atoms with Crippen LogP contribution in [0.25, 0.3) is 0 Å². The van der Waals surface area contributed by atoms with Crippen LogP contribution in [0.2, 0.25) is 0 Å². The van der Waals surface area contributed by atoms with Crippen molar-refractivity contribution in [1.82, 2.24) is 0 Å². The minimum atomic E-state index is -0.413. The molecule has 0 aliphatic carbocycles. The molecule has 3 nitrogen and oxygen atoms in total. The Labute approximate surface area is 90.3 Å². The van der Waals surface area contributed by atoms with E-state index in [0.29, 0.717) is 19.6 Å². The molecule has 1 aromatic carbocycles. The molecule has 1 unspecified atom stereocenters. The van der Waals surface area contributed by atoms with Gasteiger partial charge in [0, 0.05) is 6.61 Å². The summed E-state index contributed by atoms with van der Waals surface area (Å²) in [5.74, 6) is 0. The van der Waals surface area contributed by atoms with Crippen LogP contribution in [-0.2, 0) is 4.74 Å². The van der Waals surface area contributed by atoms with Gasteiger partial charge in [0.25, 0.3) is 0 Å². The second kappa shape index (κ2) is 7.40. The van der Waals surface area contributed by atoms with E-state index in [2.05, 4.69) is 0 Å². The molecule has 0 heterocycles. The van der Waals surface area contributed by atoms with Gasteiger partial charge >= 0.3 is 0 Å². The number of aliphatic hydroxyl groups is 2. The van der Waals surface area contributed by atoms with Gasteiger partial charge < -0.3 is 14.9 Å². The van der Waals surface area contributed by atoms with E-state index in [1.54, 1.807) is 0 Å². The molecule has 0 saturated carbocycles. The van der Waals surface area contributed by atoms with E-state index in [-0.39, 0.29) is 6.61 Å². The van der Waals surface area contributed by atoms with Crippen molar-refractivity contribution < 1.29 is 14.9 Å². The van der Waals surface area contributed by atoms with Gasteiger partial charge in [-0.2, -0.15) is 0 Å². The molecule has 3 heteroatoms. The molecule has 0 bridgehead atoms. The quantitative estimate of drug-likeness (QED) is 0.671. The van der Waals surface area contributed by atoms with Crippen LogP contribution in [0, 0.1) is 0 Å². The highest BCUT2D eigenvalue weighted by molar-refractivity contribution is 5.16. The van der Waals surface area contributed by atoms with E-state index in [1.165, 1.54) is 0 Å². The number of ether oxygens (including phenoxy) is 1. The summed E-state index contributed by atoms with van der Waals surface area (Å²) in [5.41, 5.74) is 0.944. The average molecular weight is 210 g/mol. The maximum atomic E-state index is 9.77. The number of benzene rings is 1. The van der Waals surface area contributed by atoms with E-state index in [4.69, 9.17) is 9.84 Å². The van der Waals surface area contributed by atoms with Gasteiger partial charge in [0.05, 0.1) is 19.3 Å². The molecule has 0 spiro atoms. The zero-order valence-electron chi connectivity index (χ0n) is 8.80. The van der Waals surface area contributed by atoms with Crippen LogP contribution < -0.4 is 0 Å². The second-order valence-corrected chi connectivity index (χ2v) is 3.40. The van der Waals surface area contributed by atoms with Crippen LogP contribution in [0.15, 0.2) is 30.3 Å². The predicted octanol–water partition coefficient (Wildman–Crippen LogP) is 1.51. The molecule has 0 fully saturated rings. The Morgan fingerprint density at radius 1 is 1.13 bits per heavy atom. The fraction of sp³-hybridized carbons (Fsp3) is 0.500. The summed E-state index contributed by atoms with van der Waals surface area (Å²) in [6.07, 6.45) is 1.08. The summed E-state index contributed by atoms with van der Waals surface area (Å²) in [6.45, 7) is 1.02. The van der Waals surface area contributed by atoms with Gasteiger partial charge in [-0.1, -0.05) is 30.3 Å². The SMILES string of the molecule is OCCOCCCC(O)c1ccccc1. The Kier molecular flexibility index (Phi) is 6.00. The van der Waals surface area contributed by atoms with Gasteiger partial charge in [0.15, 0.2) is 0 Å². The monoisotopic (exact) mass is 210 g/mol. The molecule has 0 saturated heterocycles. The summed E-state index contributed by atoms with van der Waals surface area (Å²) in [7, 11) is 0. The molecule has 0 aliphatic heterocycles. The number of rotatable bonds is 7. The standard InChI is InChI=1S/C12H18O3/c13-8-10-15-9-4-7-12(14)11-5-2-1-3-6-11/h1-3,5-6,12-14H,4,7-10H2. The lowest BCUT2D eigenvalue weighted by molar-refractivity contribution is 0.0787. The van der Waals surface area contributed by atoms with Gasteiger partial charge in [0.1, 0.15) is 0 Å². The highest BCUT2D eigenvalue weighted by atomic mass is 16.5. The van der Waals surface area contributed by atoms with E-state index >= 15 is 0 Å². The first-order valence-electron chi connectivity index (χ1n) is 5.26. The van der Waals surface area contributed by atoms with Crippen LogP contribution in [-0.4, -0.2) is 30.0 Å². The van der Waals surface area contributed by atoms with Crippen molar-refractivity contribution in [3.8, 4) is 0 Å². The Morgan fingerprint density at radius 2 is 1.87 bits per heavy atom. The Hall–Kier alpha value is -0.900. The van der Waals surface area contributed by atoms with Crippen molar-refractivity contribution in [1.29, 1.82) is 0 Å². The van der Waals surface area contributed by atoms with Gasteiger partial charge in [0.2, 0.25) is 0 Å². The zero-order valence-corrected chi connectivity index (χ0v) is 8.80. The third kappa shape index (κ3) is 4.93. The van der Waals surface area contributed by atoms with E-state index in [0.717, 1.165) is 12.0 Å². The van der Waals surface area contributed by atoms with Crippen molar-refractivity contribution >= 4 is 0 Å². The third-order valence-electron chi connectivity index (χ3n) is 2.19. The maximum absolute atomic E-state index is 9.77. The van der Waals surface area contributed by atoms with Crippen molar-refractivity contribution in [2.45, 2.75) is 18.9 Å². The van der Waals surface area contributed by atoms with E-state index < -0.39 is 6.10 Å². The summed E-state index contributed by atoms with van der Waals surface area (Å²) in [6, 6.07) is 9.60. The highest BCUT2D eigenvalue weighted by Gasteiger charge is 2.05. The van der Waals surface area contributed by atoms with Gasteiger partial charge in [-0.15, -0.1) is 0 Å². The topological polar surface area (TPSA) is 49.7 Å². The van der Waals surface area contributed by atoms with Crippen molar-refractivity contribution in [2.75, 3.05) is 19.8 Å². The summed E-state index contributed by atoms with van der Waals surface area (Å²) in [5, 5.41) is 18.3. The Bertz CT molecular complexity index is 248. The molecule has 1 rings (SSSR count). The molecule has 1 atom stereocenters. The molecule has 84 valence electrons. The zero-order chi connectivity index (χ0) is 10.9. The molecule has 15 heavy (non-hydrogen) atoms. The first-order chi connectivity index (χ1) is 7.34. The van der Waals surface area contributed by atoms with Crippen molar-refractivity contribution in [3.63, 3.8) is 0 Å². The maximum Gasteiger partial charge on any atom is 0.0790 e. The lowest BCUT2D eigenvalue weighted by atomic mass is 10.1. The largest absolute Gasteiger partial charge is 0.394 e. The average Bonchev–Trinajstić information content (AvgIpc) is 2.30. The molecular formula is C12H18O3. The van der Waals surface area contributed by atoms with Crippen LogP contribution in [0.3, 0.4) is 0 Å². The van der Waals surface area contributed by atoms with Crippen LogP contribution >= 0.6 is 0 Å². The van der Waals surface area contributed by atoms with Crippen LogP contribution in [0.5, 0.6) is 0 Å². The second-order valence-electron chi connectivity index (χ2n) is 3.40. The van der Waals surface area contributed by atoms with Gasteiger partial charge in [-0.25, -0.2) is 0 Å². The van der Waals surface area contributed by atoms with Crippen LogP contribution in [0.4, 0.5) is 0 Å². The lowest BCUT2D eigenvalue weighted by Crippen LogP contribution is -2.03. The Morgan fingerprint density at radius 3 is 2.53 bits per heavy atom. The minimum absolute atomic E-state index is 0.0568. The number of hydrogen-bond donors (Lipinski definition) is 2. The van der Waals surface area contributed by atoms with Crippen molar-refractivity contribution in [3.05, 3.63) is 35.9 Å². The lowest BCUT2D eigenvalue weighted by Gasteiger charge is -2.10. The van der Waals surface area contributed by atoms with Gasteiger partial charge in [-0.05, 0) is 18.4 Å². The first-order valence-corrected chi connectivity index (χ1v) is 5.26. The normalized spacial score (nSPS) is 12.7. The molecule has 1 aromatic rings. The molecule has 2 N–H and O–H groups in total. The smallest absolute Gasteiger partial charge is 0.0790 e. The third-order valence-corrected chi connectivity index (χ3v) is 2.19. The molecule has 0 radical (unpaired) electrons. The number of aliphatic hydroxyl groups excluding tert-OH is 2. The van der Waals surface area contributed by atoms with E-state index in [9.17, 15) is 5.11 Å². The molecule has 0 aromatic heterocycles. The fourth-order valence-corrected chi connectivity index (χ4v) is 1.39. The van der Waals surface area contributed by atoms with Gasteiger partial charge in [-0.3, -0.25) is 0 Å². The van der Waals surface area contributed by atoms with Crippen molar-refractivity contribution in [2.24, 2.45) is 0 Å². The summed E-state index contributed by atoms with van der Waals surface area (Å²) >= 11 is 0. The molecule has 0 aliphatic rings. The molecule has 0 amide bonds. The Balaban J connectivity index is 2.16. The fourth-order valence-electron chi connectivity index (χ4n) is 1.39. The first kappa shape index (κ1) is 12.2. The highest BCUT2D eigenvalue weighted by Crippen LogP contribution is 2.17. The van der Waals surface area contributed by atoms with E-state index in [1.807, 2.05) is 30.3 Å². The predicted molar refractivity (Wildman–Crippen MR) is 58.5 cm³/mol. The van der Waals surface area contributed by atoms with Crippen LogP contribution in [0.1, 0.15) is 24.5 Å². The summed E-state index contributed by atoms with van der Waals surface area (Å²) < 4.78 is 5.11.